The molecule has 30 heavy (non-hydrogen) atoms. The minimum absolute atomic E-state index is 0.0383. The first-order chi connectivity index (χ1) is 14.5. The van der Waals surface area contributed by atoms with Crippen LogP contribution in [0.2, 0.25) is 0 Å². The second kappa shape index (κ2) is 8.90. The summed E-state index contributed by atoms with van der Waals surface area (Å²) in [4.78, 5) is 20.2. The third kappa shape index (κ3) is 4.66. The van der Waals surface area contributed by atoms with Crippen LogP contribution in [-0.2, 0) is 16.2 Å². The normalized spacial score (nSPS) is 18.9. The van der Waals surface area contributed by atoms with Gasteiger partial charge in [0.05, 0.1) is 12.3 Å². The van der Waals surface area contributed by atoms with Gasteiger partial charge in [-0.1, -0.05) is 36.2 Å². The molecule has 0 bridgehead atoms. The molecule has 1 saturated carbocycles. The number of hydrogen-bond acceptors (Lipinski definition) is 3. The fraction of sp³-hybridized carbons (Fsp3) is 0.391. The Morgan fingerprint density at radius 2 is 1.83 bits per heavy atom. The minimum Gasteiger partial charge on any atom is -0.390 e. The van der Waals surface area contributed by atoms with E-state index in [0.717, 1.165) is 31.7 Å². The van der Waals surface area contributed by atoms with Crippen molar-refractivity contribution in [3.63, 3.8) is 0 Å². The summed E-state index contributed by atoms with van der Waals surface area (Å²) >= 11 is 0. The van der Waals surface area contributed by atoms with Crippen LogP contribution in [0.1, 0.15) is 43.2 Å². The zero-order valence-electron chi connectivity index (χ0n) is 16.5. The molecule has 1 unspecified atom stereocenters. The van der Waals surface area contributed by atoms with Gasteiger partial charge in [-0.2, -0.15) is 0 Å². The van der Waals surface area contributed by atoms with Gasteiger partial charge in [0.25, 0.3) is 0 Å². The van der Waals surface area contributed by atoms with E-state index in [4.69, 9.17) is 4.84 Å². The second-order valence-corrected chi connectivity index (χ2v) is 7.92. The lowest BCUT2D eigenvalue weighted by molar-refractivity contribution is -0.137. The van der Waals surface area contributed by atoms with E-state index in [-0.39, 0.29) is 36.3 Å². The van der Waals surface area contributed by atoms with Gasteiger partial charge in [-0.25, -0.2) is 13.2 Å². The smallest absolute Gasteiger partial charge is 0.226 e. The van der Waals surface area contributed by atoms with Crippen molar-refractivity contribution in [3.8, 4) is 0 Å². The molecule has 0 radical (unpaired) electrons. The lowest BCUT2D eigenvalue weighted by atomic mass is 10.0. The molecule has 1 heterocycles. The maximum absolute atomic E-state index is 14.2. The summed E-state index contributed by atoms with van der Waals surface area (Å²) in [7, 11) is 0. The van der Waals surface area contributed by atoms with Crippen molar-refractivity contribution in [1.82, 2.24) is 4.90 Å². The van der Waals surface area contributed by atoms with E-state index in [0.29, 0.717) is 17.7 Å². The number of benzene rings is 2. The Balaban J connectivity index is 1.48. The fourth-order valence-corrected chi connectivity index (χ4v) is 4.13. The number of carbonyl (C=O) groups is 1. The van der Waals surface area contributed by atoms with Crippen LogP contribution in [0.25, 0.3) is 0 Å². The van der Waals surface area contributed by atoms with Crippen LogP contribution < -0.4 is 0 Å². The molecule has 0 spiro atoms. The average Bonchev–Trinajstić information content (AvgIpc) is 3.41. The van der Waals surface area contributed by atoms with Gasteiger partial charge in [-0.15, -0.1) is 0 Å². The van der Waals surface area contributed by atoms with Crippen molar-refractivity contribution in [1.29, 1.82) is 0 Å². The summed E-state index contributed by atoms with van der Waals surface area (Å²) in [5.74, 6) is -1.82. The third-order valence-electron chi connectivity index (χ3n) is 5.71. The molecule has 0 N–H and O–H groups in total. The van der Waals surface area contributed by atoms with E-state index in [1.165, 1.54) is 24.3 Å². The first-order valence-corrected chi connectivity index (χ1v) is 10.2. The summed E-state index contributed by atoms with van der Waals surface area (Å²) in [5.41, 5.74) is 1.50. The molecule has 2 aromatic rings. The van der Waals surface area contributed by atoms with Crippen LogP contribution in [0.5, 0.6) is 0 Å². The number of amides is 1. The first-order valence-electron chi connectivity index (χ1n) is 10.2. The molecule has 7 heteroatoms. The topological polar surface area (TPSA) is 41.9 Å². The number of hydrogen-bond donors (Lipinski definition) is 0. The first kappa shape index (κ1) is 20.4. The van der Waals surface area contributed by atoms with Gasteiger partial charge in [0, 0.05) is 36.1 Å². The molecule has 1 atom stereocenters. The van der Waals surface area contributed by atoms with Crippen LogP contribution in [-0.4, -0.2) is 29.2 Å². The van der Waals surface area contributed by atoms with Gasteiger partial charge in [-0.3, -0.25) is 4.79 Å². The Morgan fingerprint density at radius 3 is 2.57 bits per heavy atom. The van der Waals surface area contributed by atoms with Gasteiger partial charge in [0.15, 0.2) is 6.10 Å². The minimum atomic E-state index is -0.678. The number of halogens is 3. The van der Waals surface area contributed by atoms with Crippen LogP contribution in [0.15, 0.2) is 47.6 Å². The number of nitrogens with zero attached hydrogens (tertiary/aromatic N) is 2. The molecule has 1 aliphatic heterocycles. The molecule has 1 amide bonds. The maximum Gasteiger partial charge on any atom is 0.226 e. The Kier molecular flexibility index (Phi) is 6.06. The molecule has 4 nitrogen and oxygen atoms in total. The lowest BCUT2D eigenvalue weighted by Gasteiger charge is -2.27. The molecule has 4 rings (SSSR count). The largest absolute Gasteiger partial charge is 0.390 e. The van der Waals surface area contributed by atoms with Gasteiger partial charge in [-0.05, 0) is 31.0 Å². The highest BCUT2D eigenvalue weighted by molar-refractivity contribution is 6.01. The van der Waals surface area contributed by atoms with Crippen molar-refractivity contribution >= 4 is 11.6 Å². The van der Waals surface area contributed by atoms with Crippen molar-refractivity contribution in [2.75, 3.05) is 6.54 Å². The summed E-state index contributed by atoms with van der Waals surface area (Å²) in [6, 6.07) is 9.48. The molecule has 1 aliphatic carbocycles. The molecule has 0 aromatic heterocycles. The molecular formula is C23H23F3N2O2. The Morgan fingerprint density at radius 1 is 1.07 bits per heavy atom. The van der Waals surface area contributed by atoms with Crippen LogP contribution in [0.4, 0.5) is 13.2 Å². The zero-order valence-corrected chi connectivity index (χ0v) is 16.5. The highest BCUT2D eigenvalue weighted by Crippen LogP contribution is 2.28. The van der Waals surface area contributed by atoms with E-state index in [1.807, 2.05) is 0 Å². The summed E-state index contributed by atoms with van der Waals surface area (Å²) < 4.78 is 41.0. The highest BCUT2D eigenvalue weighted by atomic mass is 19.1. The molecule has 2 aliphatic rings. The number of oxime groups is 1. The number of rotatable bonds is 6. The fourth-order valence-electron chi connectivity index (χ4n) is 4.13. The summed E-state index contributed by atoms with van der Waals surface area (Å²) in [5, 5.41) is 4.06. The molecule has 1 fully saturated rings. The van der Waals surface area contributed by atoms with Gasteiger partial charge >= 0.3 is 0 Å². The lowest BCUT2D eigenvalue weighted by Crippen LogP contribution is -2.40. The maximum atomic E-state index is 14.2. The highest BCUT2D eigenvalue weighted by Gasteiger charge is 2.32. The van der Waals surface area contributed by atoms with E-state index in [9.17, 15) is 18.0 Å². The monoisotopic (exact) mass is 416 g/mol. The van der Waals surface area contributed by atoms with Crippen molar-refractivity contribution in [2.45, 2.75) is 44.8 Å². The van der Waals surface area contributed by atoms with Gasteiger partial charge in [0.2, 0.25) is 5.91 Å². The SMILES string of the molecule is O=C(C1CCCC1)N(Cc1ccc(F)cc1F)CC1CC(c2cccc(F)c2)=NO1. The summed E-state index contributed by atoms with van der Waals surface area (Å²) in [6.45, 7) is 0.269. The van der Waals surface area contributed by atoms with Crippen molar-refractivity contribution in [2.24, 2.45) is 11.1 Å². The second-order valence-electron chi connectivity index (χ2n) is 7.92. The molecular weight excluding hydrogens is 393 g/mol. The molecule has 0 saturated heterocycles. The van der Waals surface area contributed by atoms with Crippen LogP contribution in [0.3, 0.4) is 0 Å². The zero-order chi connectivity index (χ0) is 21.1. The van der Waals surface area contributed by atoms with Crippen LogP contribution in [0, 0.1) is 23.4 Å². The van der Waals surface area contributed by atoms with E-state index >= 15 is 0 Å². The Labute approximate surface area is 173 Å². The Hall–Kier alpha value is -2.83. The van der Waals surface area contributed by atoms with E-state index in [2.05, 4.69) is 5.16 Å². The quantitative estimate of drug-likeness (QED) is 0.678. The average molecular weight is 416 g/mol. The Bertz CT molecular complexity index is 957. The van der Waals surface area contributed by atoms with E-state index < -0.39 is 17.7 Å². The predicted molar refractivity (Wildman–Crippen MR) is 106 cm³/mol. The third-order valence-corrected chi connectivity index (χ3v) is 5.71. The van der Waals surface area contributed by atoms with Crippen LogP contribution >= 0.6 is 0 Å². The standard InChI is InChI=1S/C23H23F3N2O2/c24-18-7-3-6-16(10-18)22-12-20(30-27-22)14-28(23(29)15-4-1-2-5-15)13-17-8-9-19(25)11-21(17)26/h3,6-11,15,20H,1-2,4-5,12-14H2. The number of carbonyl (C=O) groups excluding carboxylic acids is 1. The predicted octanol–water partition coefficient (Wildman–Crippen LogP) is 4.82. The van der Waals surface area contributed by atoms with Gasteiger partial charge < -0.3 is 9.74 Å². The van der Waals surface area contributed by atoms with E-state index in [1.54, 1.807) is 17.0 Å². The van der Waals surface area contributed by atoms with Crippen molar-refractivity contribution in [3.05, 3.63) is 71.0 Å². The molecule has 2 aromatic carbocycles. The summed E-state index contributed by atoms with van der Waals surface area (Å²) in [6.07, 6.45) is 3.65. The molecule has 158 valence electrons. The van der Waals surface area contributed by atoms with Crippen molar-refractivity contribution < 1.29 is 22.8 Å². The van der Waals surface area contributed by atoms with Gasteiger partial charge in [0.1, 0.15) is 17.5 Å².